The minimum atomic E-state index is -1.47. The third-order valence-electron chi connectivity index (χ3n) is 2.77. The Hall–Kier alpha value is -2.30. The summed E-state index contributed by atoms with van der Waals surface area (Å²) in [5, 5.41) is 8.80. The van der Waals surface area contributed by atoms with Gasteiger partial charge in [-0.25, -0.2) is 18.0 Å². The Labute approximate surface area is 107 Å². The second-order valence-corrected chi connectivity index (χ2v) is 4.05. The van der Waals surface area contributed by atoms with E-state index in [0.29, 0.717) is 0 Å². The molecule has 2 rings (SSSR count). The third-order valence-corrected chi connectivity index (χ3v) is 2.77. The number of aryl methyl sites for hydroxylation is 1. The maximum Gasteiger partial charge on any atom is 0.338 e. The van der Waals surface area contributed by atoms with E-state index in [-0.39, 0.29) is 16.7 Å². The molecule has 0 spiro atoms. The zero-order valence-electron chi connectivity index (χ0n) is 9.88. The molecule has 0 bridgehead atoms. The van der Waals surface area contributed by atoms with Crippen molar-refractivity contribution in [1.82, 2.24) is 0 Å². The molecule has 19 heavy (non-hydrogen) atoms. The maximum atomic E-state index is 14.0. The summed E-state index contributed by atoms with van der Waals surface area (Å²) in [7, 11) is 0. The number of carbonyl (C=O) groups is 1. The molecule has 2 aromatic rings. The van der Waals surface area contributed by atoms with E-state index in [2.05, 4.69) is 0 Å². The number of carboxylic acid groups (broad SMARTS) is 1. The average Bonchev–Trinajstić information content (AvgIpc) is 2.34. The first-order chi connectivity index (χ1) is 8.91. The molecule has 1 N–H and O–H groups in total. The van der Waals surface area contributed by atoms with E-state index in [0.717, 1.165) is 18.2 Å². The normalized spacial score (nSPS) is 10.5. The number of halogens is 3. The van der Waals surface area contributed by atoms with Gasteiger partial charge in [0.2, 0.25) is 0 Å². The van der Waals surface area contributed by atoms with Crippen molar-refractivity contribution in [2.24, 2.45) is 0 Å². The Morgan fingerprint density at radius 2 is 1.74 bits per heavy atom. The van der Waals surface area contributed by atoms with Crippen molar-refractivity contribution >= 4 is 5.97 Å². The quantitative estimate of drug-likeness (QED) is 0.898. The van der Waals surface area contributed by atoms with Crippen LogP contribution in [0.4, 0.5) is 13.2 Å². The summed E-state index contributed by atoms with van der Waals surface area (Å²) in [5.41, 5.74) is -1.08. The number of rotatable bonds is 2. The molecule has 0 aliphatic carbocycles. The van der Waals surface area contributed by atoms with Gasteiger partial charge in [0.15, 0.2) is 0 Å². The van der Waals surface area contributed by atoms with Crippen molar-refractivity contribution in [3.63, 3.8) is 0 Å². The predicted octanol–water partition coefficient (Wildman–Crippen LogP) is 3.78. The van der Waals surface area contributed by atoms with Gasteiger partial charge in [-0.1, -0.05) is 12.1 Å². The average molecular weight is 266 g/mol. The standard InChI is InChI=1S/C14H9F3O2/c1-7-5-12(16)10(6-11(7)15)8-3-2-4-9(13(8)17)14(18)19/h2-6H,1H3,(H,18,19). The highest BCUT2D eigenvalue weighted by atomic mass is 19.1. The first kappa shape index (κ1) is 13.1. The van der Waals surface area contributed by atoms with Crippen LogP contribution < -0.4 is 0 Å². The Balaban J connectivity index is 2.69. The van der Waals surface area contributed by atoms with Crippen molar-refractivity contribution < 1.29 is 23.1 Å². The third kappa shape index (κ3) is 2.31. The molecule has 2 nitrogen and oxygen atoms in total. The largest absolute Gasteiger partial charge is 0.478 e. The molecular formula is C14H9F3O2. The summed E-state index contributed by atoms with van der Waals surface area (Å²) in [6.45, 7) is 1.38. The van der Waals surface area contributed by atoms with Crippen LogP contribution in [0.1, 0.15) is 15.9 Å². The van der Waals surface area contributed by atoms with Gasteiger partial charge in [-0.2, -0.15) is 0 Å². The molecule has 0 fully saturated rings. The molecule has 0 aliphatic heterocycles. The predicted molar refractivity (Wildman–Crippen MR) is 63.4 cm³/mol. The molecule has 0 heterocycles. The molecule has 0 aliphatic rings. The molecule has 2 aromatic carbocycles. The van der Waals surface area contributed by atoms with Crippen molar-refractivity contribution in [2.45, 2.75) is 6.92 Å². The number of hydrogen-bond donors (Lipinski definition) is 1. The van der Waals surface area contributed by atoms with E-state index < -0.39 is 29.0 Å². The van der Waals surface area contributed by atoms with Crippen LogP contribution in [0.3, 0.4) is 0 Å². The topological polar surface area (TPSA) is 37.3 Å². The van der Waals surface area contributed by atoms with Gasteiger partial charge in [-0.3, -0.25) is 0 Å². The summed E-state index contributed by atoms with van der Waals surface area (Å²) in [6.07, 6.45) is 0. The number of aromatic carboxylic acids is 1. The van der Waals surface area contributed by atoms with E-state index in [1.807, 2.05) is 0 Å². The van der Waals surface area contributed by atoms with Gasteiger partial charge < -0.3 is 5.11 Å². The van der Waals surface area contributed by atoms with Gasteiger partial charge in [0.25, 0.3) is 0 Å². The first-order valence-corrected chi connectivity index (χ1v) is 5.39. The lowest BCUT2D eigenvalue weighted by Gasteiger charge is -2.08. The van der Waals surface area contributed by atoms with E-state index in [1.54, 1.807) is 0 Å². The zero-order chi connectivity index (χ0) is 14.2. The van der Waals surface area contributed by atoms with E-state index in [9.17, 15) is 18.0 Å². The van der Waals surface area contributed by atoms with Crippen LogP contribution in [-0.4, -0.2) is 11.1 Å². The molecule has 98 valence electrons. The van der Waals surface area contributed by atoms with E-state index >= 15 is 0 Å². The molecule has 5 heteroatoms. The smallest absolute Gasteiger partial charge is 0.338 e. The summed E-state index contributed by atoms with van der Waals surface area (Å²) in [6, 6.07) is 5.34. The summed E-state index contributed by atoms with van der Waals surface area (Å²) >= 11 is 0. The van der Waals surface area contributed by atoms with Crippen LogP contribution >= 0.6 is 0 Å². The van der Waals surface area contributed by atoms with E-state index in [4.69, 9.17) is 5.11 Å². The second kappa shape index (κ2) is 4.76. The number of hydrogen-bond acceptors (Lipinski definition) is 1. The monoisotopic (exact) mass is 266 g/mol. The zero-order valence-corrected chi connectivity index (χ0v) is 9.88. The second-order valence-electron chi connectivity index (χ2n) is 4.05. The fourth-order valence-electron chi connectivity index (χ4n) is 1.76. The van der Waals surface area contributed by atoms with E-state index in [1.165, 1.54) is 19.1 Å². The molecular weight excluding hydrogens is 257 g/mol. The Morgan fingerprint density at radius 1 is 1.05 bits per heavy atom. The minimum absolute atomic E-state index is 0.0936. The van der Waals surface area contributed by atoms with Gasteiger partial charge >= 0.3 is 5.97 Å². The molecule has 0 saturated carbocycles. The first-order valence-electron chi connectivity index (χ1n) is 5.39. The van der Waals surface area contributed by atoms with Crippen LogP contribution in [0.5, 0.6) is 0 Å². The lowest BCUT2D eigenvalue weighted by Crippen LogP contribution is -2.02. The Morgan fingerprint density at radius 3 is 2.37 bits per heavy atom. The van der Waals surface area contributed by atoms with Gasteiger partial charge in [0, 0.05) is 11.1 Å². The minimum Gasteiger partial charge on any atom is -0.478 e. The lowest BCUT2D eigenvalue weighted by molar-refractivity contribution is 0.0692. The highest BCUT2D eigenvalue weighted by molar-refractivity contribution is 5.90. The SMILES string of the molecule is Cc1cc(F)c(-c2cccc(C(=O)O)c2F)cc1F. The van der Waals surface area contributed by atoms with Crippen molar-refractivity contribution in [2.75, 3.05) is 0 Å². The van der Waals surface area contributed by atoms with Crippen LogP contribution in [0.25, 0.3) is 11.1 Å². The van der Waals surface area contributed by atoms with Crippen LogP contribution in [-0.2, 0) is 0 Å². The lowest BCUT2D eigenvalue weighted by atomic mass is 10.00. The van der Waals surface area contributed by atoms with Gasteiger partial charge in [-0.05, 0) is 30.7 Å². The van der Waals surface area contributed by atoms with Crippen molar-refractivity contribution in [1.29, 1.82) is 0 Å². The number of benzene rings is 2. The van der Waals surface area contributed by atoms with Crippen LogP contribution in [0.15, 0.2) is 30.3 Å². The fourth-order valence-corrected chi connectivity index (χ4v) is 1.76. The van der Waals surface area contributed by atoms with Crippen LogP contribution in [0.2, 0.25) is 0 Å². The molecule has 0 aromatic heterocycles. The molecule has 0 atom stereocenters. The highest BCUT2D eigenvalue weighted by Gasteiger charge is 2.18. The van der Waals surface area contributed by atoms with Crippen LogP contribution in [0, 0.1) is 24.4 Å². The summed E-state index contributed by atoms with van der Waals surface area (Å²) < 4.78 is 41.1. The Kier molecular flexibility index (Phi) is 3.29. The summed E-state index contributed by atoms with van der Waals surface area (Å²) in [4.78, 5) is 10.8. The summed E-state index contributed by atoms with van der Waals surface area (Å²) in [5.74, 6) is -4.04. The fraction of sp³-hybridized carbons (Fsp3) is 0.0714. The van der Waals surface area contributed by atoms with Gasteiger partial charge in [-0.15, -0.1) is 0 Å². The highest BCUT2D eigenvalue weighted by Crippen LogP contribution is 2.29. The number of carboxylic acids is 1. The molecule has 0 saturated heterocycles. The van der Waals surface area contributed by atoms with Gasteiger partial charge in [0.1, 0.15) is 17.5 Å². The molecule has 0 radical (unpaired) electrons. The maximum absolute atomic E-state index is 14.0. The van der Waals surface area contributed by atoms with Gasteiger partial charge in [0.05, 0.1) is 5.56 Å². The van der Waals surface area contributed by atoms with Crippen molar-refractivity contribution in [3.05, 3.63) is 58.9 Å². The molecule has 0 amide bonds. The van der Waals surface area contributed by atoms with Crippen molar-refractivity contribution in [3.8, 4) is 11.1 Å². The Bertz CT molecular complexity index is 666. The molecule has 0 unspecified atom stereocenters.